The van der Waals surface area contributed by atoms with Gasteiger partial charge >= 0.3 is 5.97 Å². The van der Waals surface area contributed by atoms with E-state index in [1.165, 1.54) is 4.57 Å². The number of anilines is 1. The number of carbonyl (C=O) groups excluding carboxylic acids is 2. The van der Waals surface area contributed by atoms with Crippen molar-refractivity contribution in [3.8, 4) is 11.1 Å². The van der Waals surface area contributed by atoms with Crippen LogP contribution in [0.1, 0.15) is 16.1 Å². The van der Waals surface area contributed by atoms with Gasteiger partial charge in [-0.1, -0.05) is 66.7 Å². The van der Waals surface area contributed by atoms with Crippen LogP contribution in [0.15, 0.2) is 83.7 Å². The van der Waals surface area contributed by atoms with Gasteiger partial charge in [0.05, 0.1) is 0 Å². The second kappa shape index (κ2) is 8.39. The molecule has 1 aliphatic heterocycles. The maximum atomic E-state index is 13.3. The predicted octanol–water partition coefficient (Wildman–Crippen LogP) is 3.95. The standard InChI is InChI=1S/C27H22N2O4/c1-28-25(27(32)33-17-23(30)29-16-15-18-9-5-8-14-22(18)29)24(19-10-3-2-4-11-19)20-12-6-7-13-21(20)26(28)31/h2-14H,15-17H2,1H3. The molecule has 1 aliphatic rings. The van der Waals surface area contributed by atoms with Crippen LogP contribution < -0.4 is 10.5 Å². The summed E-state index contributed by atoms with van der Waals surface area (Å²) < 4.78 is 6.78. The molecule has 4 aromatic rings. The van der Waals surface area contributed by atoms with Gasteiger partial charge in [-0.15, -0.1) is 0 Å². The van der Waals surface area contributed by atoms with Crippen LogP contribution in [-0.4, -0.2) is 29.6 Å². The Balaban J connectivity index is 1.51. The number of nitrogens with zero attached hydrogens (tertiary/aromatic N) is 2. The number of benzene rings is 3. The monoisotopic (exact) mass is 438 g/mol. The lowest BCUT2D eigenvalue weighted by Crippen LogP contribution is -2.34. The van der Waals surface area contributed by atoms with Crippen molar-refractivity contribution in [2.75, 3.05) is 18.1 Å². The molecule has 1 amide bonds. The fourth-order valence-corrected chi connectivity index (χ4v) is 4.47. The first-order chi connectivity index (χ1) is 16.1. The van der Waals surface area contributed by atoms with Gasteiger partial charge in [0.2, 0.25) is 0 Å². The number of fused-ring (bicyclic) bond motifs is 2. The molecule has 3 aromatic carbocycles. The summed E-state index contributed by atoms with van der Waals surface area (Å²) >= 11 is 0. The summed E-state index contributed by atoms with van der Waals surface area (Å²) in [5.74, 6) is -1.000. The fraction of sp³-hybridized carbons (Fsp3) is 0.148. The van der Waals surface area contributed by atoms with Crippen molar-refractivity contribution in [3.63, 3.8) is 0 Å². The van der Waals surface area contributed by atoms with Crippen LogP contribution in [0.2, 0.25) is 0 Å². The first kappa shape index (κ1) is 20.7. The van der Waals surface area contributed by atoms with E-state index in [0.29, 0.717) is 22.9 Å². The van der Waals surface area contributed by atoms with E-state index < -0.39 is 12.6 Å². The van der Waals surface area contributed by atoms with Gasteiger partial charge in [-0.3, -0.25) is 9.59 Å². The minimum absolute atomic E-state index is 0.125. The molecule has 0 aliphatic carbocycles. The molecule has 0 bridgehead atoms. The predicted molar refractivity (Wildman–Crippen MR) is 127 cm³/mol. The molecule has 0 N–H and O–H groups in total. The van der Waals surface area contributed by atoms with Gasteiger partial charge in [0.15, 0.2) is 6.61 Å². The van der Waals surface area contributed by atoms with Crippen molar-refractivity contribution in [1.29, 1.82) is 0 Å². The van der Waals surface area contributed by atoms with Crippen LogP contribution >= 0.6 is 0 Å². The number of esters is 1. The SMILES string of the molecule is Cn1c(C(=O)OCC(=O)N2CCc3ccccc32)c(-c2ccccc2)c2ccccc2c1=O. The number of ether oxygens (including phenoxy) is 1. The Bertz CT molecular complexity index is 1440. The van der Waals surface area contributed by atoms with E-state index in [2.05, 4.69) is 0 Å². The molecular weight excluding hydrogens is 416 g/mol. The molecule has 0 unspecified atom stereocenters. The molecule has 0 saturated heterocycles. The number of amides is 1. The van der Waals surface area contributed by atoms with Crippen molar-refractivity contribution >= 4 is 28.3 Å². The topological polar surface area (TPSA) is 68.6 Å². The molecule has 0 saturated carbocycles. The highest BCUT2D eigenvalue weighted by Crippen LogP contribution is 2.31. The number of aromatic nitrogens is 1. The summed E-state index contributed by atoms with van der Waals surface area (Å²) in [6, 6.07) is 24.3. The van der Waals surface area contributed by atoms with Gasteiger partial charge in [-0.25, -0.2) is 4.79 Å². The third kappa shape index (κ3) is 3.59. The van der Waals surface area contributed by atoms with Gasteiger partial charge in [-0.05, 0) is 35.1 Å². The minimum atomic E-state index is -0.708. The molecule has 0 spiro atoms. The Kier molecular flexibility index (Phi) is 5.26. The number of hydrogen-bond acceptors (Lipinski definition) is 4. The summed E-state index contributed by atoms with van der Waals surface area (Å²) in [6.07, 6.45) is 0.771. The van der Waals surface area contributed by atoms with Crippen LogP contribution in [0.4, 0.5) is 5.69 Å². The Morgan fingerprint density at radius 2 is 1.55 bits per heavy atom. The highest BCUT2D eigenvalue weighted by atomic mass is 16.5. The second-order valence-electron chi connectivity index (χ2n) is 8.00. The molecule has 164 valence electrons. The Labute approximate surface area is 190 Å². The zero-order chi connectivity index (χ0) is 22.9. The smallest absolute Gasteiger partial charge is 0.356 e. The van der Waals surface area contributed by atoms with Crippen molar-refractivity contribution in [2.24, 2.45) is 7.05 Å². The van der Waals surface area contributed by atoms with Crippen molar-refractivity contribution in [2.45, 2.75) is 6.42 Å². The normalized spacial score (nSPS) is 12.6. The molecule has 6 nitrogen and oxygen atoms in total. The van der Waals surface area contributed by atoms with E-state index in [1.807, 2.05) is 66.7 Å². The van der Waals surface area contributed by atoms with Crippen LogP contribution in [0, 0.1) is 0 Å². The Hall–Kier alpha value is -4.19. The van der Waals surface area contributed by atoms with Gasteiger partial charge in [0.1, 0.15) is 5.69 Å². The molecule has 33 heavy (non-hydrogen) atoms. The van der Waals surface area contributed by atoms with Crippen molar-refractivity contribution < 1.29 is 14.3 Å². The molecule has 0 fully saturated rings. The van der Waals surface area contributed by atoms with Gasteiger partial charge in [0.25, 0.3) is 11.5 Å². The van der Waals surface area contributed by atoms with E-state index in [1.54, 1.807) is 24.1 Å². The van der Waals surface area contributed by atoms with Crippen LogP contribution in [0.3, 0.4) is 0 Å². The van der Waals surface area contributed by atoms with Crippen LogP contribution in [-0.2, 0) is 23.0 Å². The summed E-state index contributed by atoms with van der Waals surface area (Å²) in [5, 5.41) is 1.18. The maximum Gasteiger partial charge on any atom is 0.356 e. The highest BCUT2D eigenvalue weighted by molar-refractivity contribution is 6.07. The number of carbonyl (C=O) groups is 2. The van der Waals surface area contributed by atoms with Crippen LogP contribution in [0.5, 0.6) is 0 Å². The first-order valence-electron chi connectivity index (χ1n) is 10.8. The summed E-state index contributed by atoms with van der Waals surface area (Å²) in [4.78, 5) is 40.8. The summed E-state index contributed by atoms with van der Waals surface area (Å²) in [6.45, 7) is 0.155. The molecule has 5 rings (SSSR count). The van der Waals surface area contributed by atoms with E-state index in [4.69, 9.17) is 4.74 Å². The van der Waals surface area contributed by atoms with E-state index in [9.17, 15) is 14.4 Å². The third-order valence-corrected chi connectivity index (χ3v) is 6.07. The summed E-state index contributed by atoms with van der Waals surface area (Å²) in [7, 11) is 1.55. The van der Waals surface area contributed by atoms with Gasteiger partial charge in [0, 0.05) is 30.2 Å². The number of hydrogen-bond donors (Lipinski definition) is 0. The molecule has 1 aromatic heterocycles. The fourth-order valence-electron chi connectivity index (χ4n) is 4.47. The Morgan fingerprint density at radius 3 is 2.33 bits per heavy atom. The van der Waals surface area contributed by atoms with Crippen LogP contribution in [0.25, 0.3) is 21.9 Å². The molecule has 0 radical (unpaired) electrons. The van der Waals surface area contributed by atoms with Crippen molar-refractivity contribution in [1.82, 2.24) is 4.57 Å². The van der Waals surface area contributed by atoms with E-state index in [-0.39, 0.29) is 17.2 Å². The zero-order valence-corrected chi connectivity index (χ0v) is 18.2. The third-order valence-electron chi connectivity index (χ3n) is 6.07. The molecule has 6 heteroatoms. The quantitative estimate of drug-likeness (QED) is 0.453. The van der Waals surface area contributed by atoms with E-state index >= 15 is 0 Å². The largest absolute Gasteiger partial charge is 0.451 e. The Morgan fingerprint density at radius 1 is 0.879 bits per heavy atom. The molecule has 2 heterocycles. The lowest BCUT2D eigenvalue weighted by molar-refractivity contribution is -0.121. The van der Waals surface area contributed by atoms with Gasteiger partial charge < -0.3 is 14.2 Å². The second-order valence-corrected chi connectivity index (χ2v) is 8.00. The van der Waals surface area contributed by atoms with E-state index in [0.717, 1.165) is 23.2 Å². The minimum Gasteiger partial charge on any atom is -0.451 e. The lowest BCUT2D eigenvalue weighted by atomic mass is 9.97. The average molecular weight is 438 g/mol. The lowest BCUT2D eigenvalue weighted by Gasteiger charge is -2.19. The number of rotatable bonds is 4. The number of pyridine rings is 1. The first-order valence-corrected chi connectivity index (χ1v) is 10.8. The number of para-hydroxylation sites is 1. The maximum absolute atomic E-state index is 13.3. The average Bonchev–Trinajstić information content (AvgIpc) is 3.29. The zero-order valence-electron chi connectivity index (χ0n) is 18.2. The summed E-state index contributed by atoms with van der Waals surface area (Å²) in [5.41, 5.74) is 3.17. The van der Waals surface area contributed by atoms with Gasteiger partial charge in [-0.2, -0.15) is 0 Å². The molecular formula is C27H22N2O4. The van der Waals surface area contributed by atoms with Crippen molar-refractivity contribution in [3.05, 3.63) is 100 Å². The molecule has 0 atom stereocenters. The highest BCUT2D eigenvalue weighted by Gasteiger charge is 2.27.